The van der Waals surface area contributed by atoms with Crippen molar-refractivity contribution in [1.29, 1.82) is 0 Å². The molecule has 0 atom stereocenters. The molecule has 0 spiro atoms. The van der Waals surface area contributed by atoms with Crippen LogP contribution in [-0.4, -0.2) is 21.8 Å². The first-order valence-corrected chi connectivity index (χ1v) is 13.3. The molecule has 1 aromatic heterocycles. The topological polar surface area (TPSA) is 86.9 Å². The predicted molar refractivity (Wildman–Crippen MR) is 139 cm³/mol. The van der Waals surface area contributed by atoms with Crippen LogP contribution in [0.25, 0.3) is 16.8 Å². The van der Waals surface area contributed by atoms with Crippen molar-refractivity contribution < 1.29 is 9.59 Å². The Morgan fingerprint density at radius 2 is 1.40 bits per heavy atom. The number of carbonyl (C=O) groups excluding carboxylic acids is 2. The van der Waals surface area contributed by atoms with Crippen molar-refractivity contribution in [3.05, 3.63) is 54.1 Å². The van der Waals surface area contributed by atoms with Gasteiger partial charge in [-0.1, -0.05) is 56.7 Å². The van der Waals surface area contributed by atoms with Crippen molar-refractivity contribution >= 4 is 23.1 Å². The number of imidazole rings is 1. The molecule has 6 heteroatoms. The van der Waals surface area contributed by atoms with E-state index in [4.69, 9.17) is 0 Å². The maximum atomic E-state index is 12.5. The third kappa shape index (κ3) is 5.92. The lowest BCUT2D eigenvalue weighted by atomic mass is 9.88. The molecule has 2 saturated carbocycles. The van der Waals surface area contributed by atoms with E-state index in [9.17, 15) is 9.59 Å². The van der Waals surface area contributed by atoms with Gasteiger partial charge >= 0.3 is 0 Å². The van der Waals surface area contributed by atoms with Gasteiger partial charge in [0.15, 0.2) is 0 Å². The maximum Gasteiger partial charge on any atom is 0.227 e. The molecular weight excluding hydrogens is 436 g/mol. The normalized spacial score (nSPS) is 19.5. The Hall–Kier alpha value is -3.15. The van der Waals surface area contributed by atoms with Crippen LogP contribution in [0.15, 0.2) is 48.3 Å². The van der Waals surface area contributed by atoms with Crippen molar-refractivity contribution in [2.75, 3.05) is 5.32 Å². The van der Waals surface area contributed by atoms with E-state index >= 15 is 0 Å². The average Bonchev–Trinajstić information content (AvgIpc) is 3.41. The highest BCUT2D eigenvalue weighted by Gasteiger charge is 2.23. The summed E-state index contributed by atoms with van der Waals surface area (Å²) in [5.74, 6) is 1.52. The smallest absolute Gasteiger partial charge is 0.227 e. The Morgan fingerprint density at radius 1 is 0.771 bits per heavy atom. The number of nitrogens with one attached hydrogen (secondary N) is 3. The van der Waals surface area contributed by atoms with Gasteiger partial charge in [0.1, 0.15) is 5.82 Å². The van der Waals surface area contributed by atoms with E-state index in [2.05, 4.69) is 26.7 Å². The van der Waals surface area contributed by atoms with E-state index in [0.717, 1.165) is 85.4 Å². The summed E-state index contributed by atoms with van der Waals surface area (Å²) >= 11 is 0. The Morgan fingerprint density at radius 3 is 2.00 bits per heavy atom. The zero-order valence-electron chi connectivity index (χ0n) is 20.4. The van der Waals surface area contributed by atoms with Crippen molar-refractivity contribution in [3.8, 4) is 11.3 Å². The fourth-order valence-electron chi connectivity index (χ4n) is 5.54. The highest BCUT2D eigenvalue weighted by Crippen LogP contribution is 2.29. The molecule has 2 fully saturated rings. The van der Waals surface area contributed by atoms with Gasteiger partial charge < -0.3 is 15.6 Å². The molecule has 184 valence electrons. The predicted octanol–water partition coefficient (Wildman–Crippen LogP) is 6.35. The molecule has 0 radical (unpaired) electrons. The van der Waals surface area contributed by atoms with E-state index in [1.165, 1.54) is 25.7 Å². The lowest BCUT2D eigenvalue weighted by Gasteiger charge is -2.22. The Bertz CT molecular complexity index is 1100. The highest BCUT2D eigenvalue weighted by molar-refractivity contribution is 5.92. The number of nitrogens with zero attached hydrogens (tertiary/aromatic N) is 1. The standard InChI is InChI=1S/C29H36N4O2/c34-28(22-7-3-1-4-8-22)31-24-15-11-20(12-16-24)26-19-30-27(33-26)21-13-17-25(18-14-21)32-29(35)23-9-5-2-6-10-23/h11-13,15-17,19,22-23H,1-10,14,18H2,(H,30,33)(H,31,34)(H,32,35). The molecule has 3 aliphatic carbocycles. The van der Waals surface area contributed by atoms with Gasteiger partial charge in [-0.2, -0.15) is 0 Å². The lowest BCUT2D eigenvalue weighted by molar-refractivity contribution is -0.125. The summed E-state index contributed by atoms with van der Waals surface area (Å²) < 4.78 is 0. The van der Waals surface area contributed by atoms with Crippen LogP contribution in [0.4, 0.5) is 5.69 Å². The van der Waals surface area contributed by atoms with E-state index < -0.39 is 0 Å². The number of carbonyl (C=O) groups is 2. The Balaban J connectivity index is 1.18. The van der Waals surface area contributed by atoms with Crippen LogP contribution in [0, 0.1) is 11.8 Å². The SMILES string of the molecule is O=C(NC1=CC=C(c2ncc(-c3ccc(NC(=O)C4CCCCC4)cc3)[nH]2)CC1)C1CCCCC1. The fraction of sp³-hybridized carbons (Fsp3) is 0.483. The van der Waals surface area contributed by atoms with Gasteiger partial charge in [0.05, 0.1) is 11.9 Å². The second-order valence-electron chi connectivity index (χ2n) is 10.3. The molecule has 2 aromatic rings. The van der Waals surface area contributed by atoms with Crippen LogP contribution in [-0.2, 0) is 9.59 Å². The number of H-pyrrole nitrogens is 1. The monoisotopic (exact) mass is 472 g/mol. The van der Waals surface area contributed by atoms with Gasteiger partial charge in [0.2, 0.25) is 11.8 Å². The largest absolute Gasteiger partial charge is 0.338 e. The number of amides is 2. The molecule has 0 saturated heterocycles. The van der Waals surface area contributed by atoms with Gasteiger partial charge in [-0.3, -0.25) is 9.59 Å². The average molecular weight is 473 g/mol. The fourth-order valence-corrected chi connectivity index (χ4v) is 5.54. The van der Waals surface area contributed by atoms with Gasteiger partial charge in [0.25, 0.3) is 0 Å². The Kier molecular flexibility index (Phi) is 7.45. The zero-order chi connectivity index (χ0) is 24.0. The van der Waals surface area contributed by atoms with Crippen molar-refractivity contribution in [2.24, 2.45) is 11.8 Å². The minimum atomic E-state index is 0.146. The Labute approximate surface area is 207 Å². The molecule has 3 N–H and O–H groups in total. The molecular formula is C29H36N4O2. The van der Waals surface area contributed by atoms with Gasteiger partial charge in [0, 0.05) is 23.2 Å². The first kappa shape index (κ1) is 23.6. The maximum absolute atomic E-state index is 12.5. The number of aromatic amines is 1. The second-order valence-corrected chi connectivity index (χ2v) is 10.3. The molecule has 1 aromatic carbocycles. The van der Waals surface area contributed by atoms with Crippen LogP contribution in [0.1, 0.15) is 82.9 Å². The zero-order valence-corrected chi connectivity index (χ0v) is 20.4. The number of allylic oxidation sites excluding steroid dienone is 4. The molecule has 0 unspecified atom stereocenters. The van der Waals surface area contributed by atoms with Gasteiger partial charge in [-0.15, -0.1) is 0 Å². The molecule has 5 rings (SSSR count). The van der Waals surface area contributed by atoms with Crippen LogP contribution >= 0.6 is 0 Å². The summed E-state index contributed by atoms with van der Waals surface area (Å²) in [6.07, 6.45) is 18.8. The van der Waals surface area contributed by atoms with Gasteiger partial charge in [-0.05, 0) is 67.9 Å². The third-order valence-corrected chi connectivity index (χ3v) is 7.73. The lowest BCUT2D eigenvalue weighted by Crippen LogP contribution is -2.31. The summed E-state index contributed by atoms with van der Waals surface area (Å²) in [5.41, 5.74) is 4.97. The van der Waals surface area contributed by atoms with E-state index in [0.29, 0.717) is 0 Å². The minimum Gasteiger partial charge on any atom is -0.338 e. The number of hydrogen-bond donors (Lipinski definition) is 3. The van der Waals surface area contributed by atoms with Crippen molar-refractivity contribution in [3.63, 3.8) is 0 Å². The number of anilines is 1. The molecule has 1 heterocycles. The number of aromatic nitrogens is 2. The summed E-state index contributed by atoms with van der Waals surface area (Å²) in [6.45, 7) is 0. The second kappa shape index (κ2) is 11.1. The summed E-state index contributed by atoms with van der Waals surface area (Å²) in [4.78, 5) is 33.1. The number of hydrogen-bond acceptors (Lipinski definition) is 3. The van der Waals surface area contributed by atoms with Crippen LogP contribution in [0.2, 0.25) is 0 Å². The van der Waals surface area contributed by atoms with Gasteiger partial charge in [-0.25, -0.2) is 4.98 Å². The van der Waals surface area contributed by atoms with E-state index in [-0.39, 0.29) is 23.7 Å². The van der Waals surface area contributed by atoms with E-state index in [1.807, 2.05) is 36.5 Å². The minimum absolute atomic E-state index is 0.146. The van der Waals surface area contributed by atoms with Crippen molar-refractivity contribution in [2.45, 2.75) is 77.0 Å². The number of benzene rings is 1. The van der Waals surface area contributed by atoms with Crippen LogP contribution in [0.5, 0.6) is 0 Å². The molecule has 35 heavy (non-hydrogen) atoms. The molecule has 2 amide bonds. The van der Waals surface area contributed by atoms with Crippen LogP contribution in [0.3, 0.4) is 0 Å². The quantitative estimate of drug-likeness (QED) is 0.458. The molecule has 3 aliphatic rings. The van der Waals surface area contributed by atoms with E-state index in [1.54, 1.807) is 0 Å². The highest BCUT2D eigenvalue weighted by atomic mass is 16.2. The summed E-state index contributed by atoms with van der Waals surface area (Å²) in [6, 6.07) is 7.95. The molecule has 0 bridgehead atoms. The van der Waals surface area contributed by atoms with Crippen molar-refractivity contribution in [1.82, 2.24) is 15.3 Å². The summed E-state index contributed by atoms with van der Waals surface area (Å²) in [5, 5.41) is 6.22. The molecule has 0 aliphatic heterocycles. The van der Waals surface area contributed by atoms with Crippen LogP contribution < -0.4 is 10.6 Å². The first-order valence-electron chi connectivity index (χ1n) is 13.3. The number of rotatable bonds is 6. The molecule has 6 nitrogen and oxygen atoms in total. The third-order valence-electron chi connectivity index (χ3n) is 7.73. The summed E-state index contributed by atoms with van der Waals surface area (Å²) in [7, 11) is 0. The first-order chi connectivity index (χ1) is 17.2.